The van der Waals surface area contributed by atoms with E-state index < -0.39 is 18.6 Å². The van der Waals surface area contributed by atoms with Crippen molar-refractivity contribution in [1.29, 1.82) is 0 Å². The van der Waals surface area contributed by atoms with E-state index in [1.165, 1.54) is 17.1 Å². The van der Waals surface area contributed by atoms with Crippen LogP contribution in [0.3, 0.4) is 0 Å². The number of aromatic nitrogens is 2. The summed E-state index contributed by atoms with van der Waals surface area (Å²) in [5.74, 6) is 0. The summed E-state index contributed by atoms with van der Waals surface area (Å²) in [5.41, 5.74) is 6.65. The maximum absolute atomic E-state index is 12.2. The third-order valence-electron chi connectivity index (χ3n) is 2.50. The summed E-state index contributed by atoms with van der Waals surface area (Å²) >= 11 is 0. The van der Waals surface area contributed by atoms with Crippen LogP contribution >= 0.6 is 0 Å². The molecule has 96 valence electrons. The molecular weight excluding hydrogens is 243 g/mol. The van der Waals surface area contributed by atoms with Gasteiger partial charge in [-0.25, -0.2) is 4.68 Å². The zero-order valence-electron chi connectivity index (χ0n) is 9.43. The van der Waals surface area contributed by atoms with Gasteiger partial charge in [-0.15, -0.1) is 0 Å². The van der Waals surface area contributed by atoms with Gasteiger partial charge >= 0.3 is 6.18 Å². The van der Waals surface area contributed by atoms with Gasteiger partial charge in [0.2, 0.25) is 0 Å². The lowest BCUT2D eigenvalue weighted by atomic mass is 10.1. The number of nitrogens with zero attached hydrogens (tertiary/aromatic N) is 2. The average Bonchev–Trinajstić information content (AvgIpc) is 2.77. The summed E-state index contributed by atoms with van der Waals surface area (Å²) in [4.78, 5) is 0. The third kappa shape index (κ3) is 3.10. The number of benzene rings is 1. The molecule has 2 aromatic rings. The van der Waals surface area contributed by atoms with Crippen molar-refractivity contribution >= 4 is 0 Å². The Morgan fingerprint density at radius 3 is 2.50 bits per heavy atom. The van der Waals surface area contributed by atoms with Crippen LogP contribution in [0.15, 0.2) is 42.7 Å². The lowest BCUT2D eigenvalue weighted by molar-refractivity contribution is -0.138. The minimum absolute atomic E-state index is 0.371. The molecule has 0 amide bonds. The highest BCUT2D eigenvalue weighted by atomic mass is 19.4. The molecule has 1 unspecified atom stereocenters. The number of hydrogen-bond acceptors (Lipinski definition) is 2. The van der Waals surface area contributed by atoms with Crippen LogP contribution < -0.4 is 5.73 Å². The third-order valence-corrected chi connectivity index (χ3v) is 2.50. The first-order valence-electron chi connectivity index (χ1n) is 5.38. The predicted octanol–water partition coefficient (Wildman–Crippen LogP) is 2.82. The average molecular weight is 255 g/mol. The molecule has 0 bridgehead atoms. The Morgan fingerprint density at radius 2 is 1.89 bits per heavy atom. The van der Waals surface area contributed by atoms with Crippen LogP contribution in [0, 0.1) is 0 Å². The van der Waals surface area contributed by atoms with Crippen LogP contribution in [0.2, 0.25) is 0 Å². The fraction of sp³-hybridized carbons (Fsp3) is 0.250. The van der Waals surface area contributed by atoms with Crippen molar-refractivity contribution < 1.29 is 13.2 Å². The van der Waals surface area contributed by atoms with Gasteiger partial charge in [-0.3, -0.25) is 0 Å². The van der Waals surface area contributed by atoms with Crippen molar-refractivity contribution in [3.63, 3.8) is 0 Å². The Balaban J connectivity index is 2.16. The molecule has 1 aromatic carbocycles. The maximum atomic E-state index is 12.2. The molecule has 0 saturated carbocycles. The number of alkyl halides is 3. The molecule has 3 nitrogen and oxygen atoms in total. The van der Waals surface area contributed by atoms with E-state index in [-0.39, 0.29) is 0 Å². The highest BCUT2D eigenvalue weighted by molar-refractivity contribution is 5.31. The SMILES string of the molecule is NC(CC(F)(F)F)c1cnn(-c2ccccc2)c1. The maximum Gasteiger partial charge on any atom is 0.390 e. The molecule has 1 atom stereocenters. The van der Waals surface area contributed by atoms with Crippen molar-refractivity contribution in [2.45, 2.75) is 18.6 Å². The molecule has 1 heterocycles. The molecule has 0 spiro atoms. The smallest absolute Gasteiger partial charge is 0.324 e. The summed E-state index contributed by atoms with van der Waals surface area (Å²) in [6.07, 6.45) is -2.43. The second-order valence-corrected chi connectivity index (χ2v) is 3.98. The van der Waals surface area contributed by atoms with Crippen LogP contribution in [0.25, 0.3) is 5.69 Å². The molecule has 2 N–H and O–H groups in total. The van der Waals surface area contributed by atoms with E-state index in [0.29, 0.717) is 5.56 Å². The molecule has 18 heavy (non-hydrogen) atoms. The van der Waals surface area contributed by atoms with Crippen molar-refractivity contribution in [3.05, 3.63) is 48.3 Å². The van der Waals surface area contributed by atoms with Gasteiger partial charge in [-0.2, -0.15) is 18.3 Å². The summed E-state index contributed by atoms with van der Waals surface area (Å²) < 4.78 is 38.1. The molecule has 0 saturated heterocycles. The zero-order chi connectivity index (χ0) is 13.2. The second kappa shape index (κ2) is 4.81. The van der Waals surface area contributed by atoms with E-state index in [1.54, 1.807) is 0 Å². The van der Waals surface area contributed by atoms with Gasteiger partial charge in [0.25, 0.3) is 0 Å². The van der Waals surface area contributed by atoms with Gasteiger partial charge in [-0.1, -0.05) is 18.2 Å². The largest absolute Gasteiger partial charge is 0.390 e. The normalized spacial score (nSPS) is 13.6. The van der Waals surface area contributed by atoms with Gasteiger partial charge in [-0.05, 0) is 12.1 Å². The van der Waals surface area contributed by atoms with Gasteiger partial charge < -0.3 is 5.73 Å². The molecule has 1 aromatic heterocycles. The summed E-state index contributed by atoms with van der Waals surface area (Å²) in [6.45, 7) is 0. The van der Waals surface area contributed by atoms with Crippen LogP contribution in [-0.4, -0.2) is 16.0 Å². The zero-order valence-corrected chi connectivity index (χ0v) is 9.43. The fourth-order valence-corrected chi connectivity index (χ4v) is 1.62. The van der Waals surface area contributed by atoms with Crippen LogP contribution in [0.1, 0.15) is 18.0 Å². The Hall–Kier alpha value is -1.82. The minimum atomic E-state index is -4.27. The summed E-state index contributed by atoms with van der Waals surface area (Å²) in [7, 11) is 0. The van der Waals surface area contributed by atoms with E-state index in [1.807, 2.05) is 30.3 Å². The first-order valence-corrected chi connectivity index (χ1v) is 5.38. The highest BCUT2D eigenvalue weighted by Crippen LogP contribution is 2.27. The molecule has 0 aliphatic carbocycles. The van der Waals surface area contributed by atoms with Gasteiger partial charge in [0, 0.05) is 17.8 Å². The van der Waals surface area contributed by atoms with Crippen molar-refractivity contribution in [3.8, 4) is 5.69 Å². The number of hydrogen-bond donors (Lipinski definition) is 1. The summed E-state index contributed by atoms with van der Waals surface area (Å²) in [5, 5.41) is 4.01. The predicted molar refractivity (Wildman–Crippen MR) is 61.2 cm³/mol. The van der Waals surface area contributed by atoms with Gasteiger partial charge in [0.05, 0.1) is 18.3 Å². The van der Waals surface area contributed by atoms with E-state index in [2.05, 4.69) is 5.10 Å². The first kappa shape index (κ1) is 12.6. The molecule has 6 heteroatoms. The number of rotatable bonds is 3. The Morgan fingerprint density at radius 1 is 1.22 bits per heavy atom. The highest BCUT2D eigenvalue weighted by Gasteiger charge is 2.31. The summed E-state index contributed by atoms with van der Waals surface area (Å²) in [6, 6.07) is 8.04. The van der Waals surface area contributed by atoms with Gasteiger partial charge in [0.15, 0.2) is 0 Å². The van der Waals surface area contributed by atoms with E-state index in [9.17, 15) is 13.2 Å². The molecular formula is C12H12F3N3. The number of nitrogens with two attached hydrogens (primary N) is 1. The fourth-order valence-electron chi connectivity index (χ4n) is 1.62. The van der Waals surface area contributed by atoms with Crippen molar-refractivity contribution in [2.24, 2.45) is 5.73 Å². The quantitative estimate of drug-likeness (QED) is 0.916. The number of para-hydroxylation sites is 1. The number of halogens is 3. The Labute approximate surface area is 102 Å². The van der Waals surface area contributed by atoms with Crippen LogP contribution in [0.4, 0.5) is 13.2 Å². The molecule has 0 fully saturated rings. The topological polar surface area (TPSA) is 43.8 Å². The second-order valence-electron chi connectivity index (χ2n) is 3.98. The minimum Gasteiger partial charge on any atom is -0.324 e. The van der Waals surface area contributed by atoms with Crippen LogP contribution in [0.5, 0.6) is 0 Å². The Kier molecular flexibility index (Phi) is 3.38. The molecule has 0 radical (unpaired) electrons. The van der Waals surface area contributed by atoms with Gasteiger partial charge in [0.1, 0.15) is 0 Å². The van der Waals surface area contributed by atoms with E-state index >= 15 is 0 Å². The van der Waals surface area contributed by atoms with Crippen molar-refractivity contribution in [1.82, 2.24) is 9.78 Å². The monoisotopic (exact) mass is 255 g/mol. The lowest BCUT2D eigenvalue weighted by Crippen LogP contribution is -2.19. The first-order chi connectivity index (χ1) is 8.46. The van der Waals surface area contributed by atoms with Crippen molar-refractivity contribution in [2.75, 3.05) is 0 Å². The molecule has 2 rings (SSSR count). The lowest BCUT2D eigenvalue weighted by Gasteiger charge is -2.11. The Bertz CT molecular complexity index is 505. The molecule has 0 aliphatic rings. The van der Waals surface area contributed by atoms with E-state index in [0.717, 1.165) is 5.69 Å². The van der Waals surface area contributed by atoms with Crippen LogP contribution in [-0.2, 0) is 0 Å². The molecule has 0 aliphatic heterocycles. The van der Waals surface area contributed by atoms with E-state index in [4.69, 9.17) is 5.73 Å². The standard InChI is InChI=1S/C12H12F3N3/c13-12(14,15)6-11(16)9-7-17-18(8-9)10-4-2-1-3-5-10/h1-5,7-8,11H,6,16H2.